The summed E-state index contributed by atoms with van der Waals surface area (Å²) in [5, 5.41) is 0. The van der Waals surface area contributed by atoms with Crippen molar-refractivity contribution in [2.75, 3.05) is 19.6 Å². The monoisotopic (exact) mass is 271 g/mol. The number of Topliss-reactive ketones (excluding diaryl/α,β-unsaturated/α-hetero) is 1. The third-order valence-electron chi connectivity index (χ3n) is 4.27. The quantitative estimate of drug-likeness (QED) is 0.870. The Hall–Kier alpha value is -1.68. The Balaban J connectivity index is 1.58. The number of likely N-dealkylation sites (tertiary alicyclic amines) is 1. The lowest BCUT2D eigenvalue weighted by Gasteiger charge is -2.29. The second-order valence-corrected chi connectivity index (χ2v) is 5.83. The predicted octanol–water partition coefficient (Wildman–Crippen LogP) is 2.87. The lowest BCUT2D eigenvalue weighted by molar-refractivity contribution is 0.0953. The number of fused-ring (bicyclic) bond motifs is 1. The van der Waals surface area contributed by atoms with Crippen LogP contribution in [-0.2, 0) is 0 Å². The van der Waals surface area contributed by atoms with Gasteiger partial charge in [0.25, 0.3) is 0 Å². The largest absolute Gasteiger partial charge is 0.345 e. The van der Waals surface area contributed by atoms with E-state index in [4.69, 9.17) is 0 Å². The first-order valence-electron chi connectivity index (χ1n) is 7.41. The predicted molar refractivity (Wildman–Crippen MR) is 79.9 cm³/mol. The van der Waals surface area contributed by atoms with E-state index >= 15 is 0 Å². The normalized spacial score (nSPS) is 17.6. The zero-order valence-corrected chi connectivity index (χ0v) is 11.9. The number of aromatic nitrogens is 2. The smallest absolute Gasteiger partial charge is 0.164 e. The number of carbonyl (C=O) groups excluding carboxylic acids is 1. The summed E-state index contributed by atoms with van der Waals surface area (Å²) >= 11 is 0. The van der Waals surface area contributed by atoms with Crippen molar-refractivity contribution in [1.82, 2.24) is 14.9 Å². The van der Waals surface area contributed by atoms with E-state index in [0.29, 0.717) is 6.42 Å². The molecule has 2 aromatic rings. The molecule has 1 fully saturated rings. The van der Waals surface area contributed by atoms with Crippen LogP contribution >= 0.6 is 0 Å². The first kappa shape index (κ1) is 13.3. The van der Waals surface area contributed by atoms with Gasteiger partial charge in [0.2, 0.25) is 0 Å². The highest BCUT2D eigenvalue weighted by Crippen LogP contribution is 2.17. The van der Waals surface area contributed by atoms with Gasteiger partial charge in [0.15, 0.2) is 5.78 Å². The van der Waals surface area contributed by atoms with E-state index in [0.717, 1.165) is 42.1 Å². The highest BCUT2D eigenvalue weighted by atomic mass is 16.1. The molecule has 106 valence electrons. The molecule has 0 atom stereocenters. The van der Waals surface area contributed by atoms with E-state index in [1.807, 2.05) is 18.2 Å². The molecule has 20 heavy (non-hydrogen) atoms. The molecule has 0 aliphatic carbocycles. The van der Waals surface area contributed by atoms with Gasteiger partial charge in [-0.1, -0.05) is 6.92 Å². The van der Waals surface area contributed by atoms with Crippen LogP contribution in [0.5, 0.6) is 0 Å². The Labute approximate surface area is 119 Å². The molecule has 0 radical (unpaired) electrons. The first-order chi connectivity index (χ1) is 9.72. The van der Waals surface area contributed by atoms with Gasteiger partial charge >= 0.3 is 0 Å². The number of hydrogen-bond donors (Lipinski definition) is 1. The third-order valence-corrected chi connectivity index (χ3v) is 4.27. The van der Waals surface area contributed by atoms with Crippen molar-refractivity contribution in [1.29, 1.82) is 0 Å². The van der Waals surface area contributed by atoms with Crippen LogP contribution in [0.25, 0.3) is 11.0 Å². The minimum atomic E-state index is 0.222. The van der Waals surface area contributed by atoms with Gasteiger partial charge in [-0.2, -0.15) is 0 Å². The molecule has 2 heterocycles. The number of nitrogens with one attached hydrogen (secondary N) is 1. The average molecular weight is 271 g/mol. The number of nitrogens with zero attached hydrogens (tertiary/aromatic N) is 2. The van der Waals surface area contributed by atoms with Gasteiger partial charge in [-0.05, 0) is 50.0 Å². The zero-order chi connectivity index (χ0) is 13.9. The Morgan fingerprint density at radius 1 is 1.40 bits per heavy atom. The van der Waals surface area contributed by atoms with Gasteiger partial charge in [-0.15, -0.1) is 0 Å². The fourth-order valence-electron chi connectivity index (χ4n) is 2.80. The number of H-pyrrole nitrogens is 1. The molecular formula is C16H21N3O. The number of aromatic amines is 1. The van der Waals surface area contributed by atoms with Gasteiger partial charge in [0.05, 0.1) is 17.4 Å². The van der Waals surface area contributed by atoms with Crippen LogP contribution < -0.4 is 0 Å². The molecule has 1 aliphatic heterocycles. The number of piperidine rings is 1. The van der Waals surface area contributed by atoms with E-state index in [9.17, 15) is 4.79 Å². The van der Waals surface area contributed by atoms with Crippen molar-refractivity contribution in [3.05, 3.63) is 30.1 Å². The van der Waals surface area contributed by atoms with Gasteiger partial charge in [-0.3, -0.25) is 4.79 Å². The minimum absolute atomic E-state index is 0.222. The average Bonchev–Trinajstić information content (AvgIpc) is 2.93. The summed E-state index contributed by atoms with van der Waals surface area (Å²) in [7, 11) is 0. The van der Waals surface area contributed by atoms with E-state index in [2.05, 4.69) is 21.8 Å². The van der Waals surface area contributed by atoms with Crippen LogP contribution in [0.3, 0.4) is 0 Å². The number of hydrogen-bond acceptors (Lipinski definition) is 3. The molecule has 1 N–H and O–H groups in total. The lowest BCUT2D eigenvalue weighted by atomic mass is 9.99. The Kier molecular flexibility index (Phi) is 3.83. The summed E-state index contributed by atoms with van der Waals surface area (Å²) in [6, 6.07) is 5.69. The summed E-state index contributed by atoms with van der Waals surface area (Å²) in [5.41, 5.74) is 2.63. The summed E-state index contributed by atoms with van der Waals surface area (Å²) in [4.78, 5) is 21.9. The molecule has 1 aromatic carbocycles. The fraction of sp³-hybridized carbons (Fsp3) is 0.500. The van der Waals surface area contributed by atoms with Gasteiger partial charge in [0, 0.05) is 18.5 Å². The van der Waals surface area contributed by atoms with Crippen molar-refractivity contribution < 1.29 is 4.79 Å². The second-order valence-electron chi connectivity index (χ2n) is 5.83. The van der Waals surface area contributed by atoms with Crippen LogP contribution in [0.2, 0.25) is 0 Å². The standard InChI is InChI=1S/C16H21N3O/c1-12-4-7-19(8-5-12)9-6-16(20)13-2-3-14-15(10-13)18-11-17-14/h2-3,10-12H,4-9H2,1H3,(H,17,18). The number of rotatable bonds is 4. The lowest BCUT2D eigenvalue weighted by Crippen LogP contribution is -2.34. The number of carbonyl (C=O) groups is 1. The van der Waals surface area contributed by atoms with Crippen LogP contribution in [0, 0.1) is 5.92 Å². The van der Waals surface area contributed by atoms with Crippen LogP contribution in [-0.4, -0.2) is 40.3 Å². The van der Waals surface area contributed by atoms with Gasteiger partial charge in [-0.25, -0.2) is 4.98 Å². The number of imidazole rings is 1. The summed E-state index contributed by atoms with van der Waals surface area (Å²) in [6.07, 6.45) is 4.78. The van der Waals surface area contributed by atoms with E-state index in [1.54, 1.807) is 6.33 Å². The highest BCUT2D eigenvalue weighted by Gasteiger charge is 2.16. The molecule has 3 rings (SSSR count). The minimum Gasteiger partial charge on any atom is -0.345 e. The fourth-order valence-corrected chi connectivity index (χ4v) is 2.80. The summed E-state index contributed by atoms with van der Waals surface area (Å²) in [5.74, 6) is 1.06. The molecule has 0 bridgehead atoms. The maximum Gasteiger partial charge on any atom is 0.164 e. The highest BCUT2D eigenvalue weighted by molar-refractivity contribution is 5.98. The molecule has 1 saturated heterocycles. The molecule has 0 amide bonds. The SMILES string of the molecule is CC1CCN(CCC(=O)c2ccc3nc[nH]c3c2)CC1. The molecule has 1 aliphatic rings. The zero-order valence-electron chi connectivity index (χ0n) is 11.9. The number of benzene rings is 1. The maximum atomic E-state index is 12.3. The molecule has 4 nitrogen and oxygen atoms in total. The Bertz CT molecular complexity index is 597. The second kappa shape index (κ2) is 5.75. The molecule has 0 spiro atoms. The van der Waals surface area contributed by atoms with E-state index < -0.39 is 0 Å². The van der Waals surface area contributed by atoms with Crippen molar-refractivity contribution in [2.24, 2.45) is 5.92 Å². The van der Waals surface area contributed by atoms with Crippen LogP contribution in [0.4, 0.5) is 0 Å². The molecule has 1 aromatic heterocycles. The summed E-state index contributed by atoms with van der Waals surface area (Å²) < 4.78 is 0. The molecule has 0 unspecified atom stereocenters. The van der Waals surface area contributed by atoms with Crippen molar-refractivity contribution >= 4 is 16.8 Å². The van der Waals surface area contributed by atoms with Gasteiger partial charge in [0.1, 0.15) is 0 Å². The van der Waals surface area contributed by atoms with Crippen LogP contribution in [0.1, 0.15) is 36.5 Å². The topological polar surface area (TPSA) is 49.0 Å². The maximum absolute atomic E-state index is 12.3. The number of ketones is 1. The van der Waals surface area contributed by atoms with Crippen molar-refractivity contribution in [2.45, 2.75) is 26.2 Å². The van der Waals surface area contributed by atoms with E-state index in [-0.39, 0.29) is 5.78 Å². The Morgan fingerprint density at radius 2 is 2.20 bits per heavy atom. The Morgan fingerprint density at radius 3 is 3.00 bits per heavy atom. The van der Waals surface area contributed by atoms with E-state index in [1.165, 1.54) is 12.8 Å². The molecule has 4 heteroatoms. The first-order valence-corrected chi connectivity index (χ1v) is 7.41. The van der Waals surface area contributed by atoms with Crippen LogP contribution in [0.15, 0.2) is 24.5 Å². The molecule has 0 saturated carbocycles. The van der Waals surface area contributed by atoms with Crippen molar-refractivity contribution in [3.8, 4) is 0 Å². The van der Waals surface area contributed by atoms with Gasteiger partial charge < -0.3 is 9.88 Å². The summed E-state index contributed by atoms with van der Waals surface area (Å²) in [6.45, 7) is 5.46. The van der Waals surface area contributed by atoms with Crippen molar-refractivity contribution in [3.63, 3.8) is 0 Å². The third kappa shape index (κ3) is 2.90. The molecular weight excluding hydrogens is 250 g/mol.